The molecule has 0 fully saturated rings. The summed E-state index contributed by atoms with van der Waals surface area (Å²) in [5, 5.41) is 2.03. The summed E-state index contributed by atoms with van der Waals surface area (Å²) in [4.78, 5) is 23.7. The fraction of sp³-hybridized carbons (Fsp3) is 0.296. The Morgan fingerprint density at radius 3 is 2.72 bits per heavy atom. The van der Waals surface area contributed by atoms with Gasteiger partial charge in [-0.1, -0.05) is 6.58 Å². The second kappa shape index (κ2) is 12.2. The molecule has 4 aromatic rings. The Bertz CT molecular complexity index is 1800. The number of thiophene rings is 1. The molecular weight excluding hydrogens is 635 g/mol. The number of fused-ring (bicyclic) bond motifs is 2. The Labute approximate surface area is 251 Å². The van der Waals surface area contributed by atoms with Gasteiger partial charge in [-0.3, -0.25) is 4.79 Å². The second-order valence-corrected chi connectivity index (χ2v) is 12.9. The predicted octanol–water partition coefficient (Wildman–Crippen LogP) is 5.59. The summed E-state index contributed by atoms with van der Waals surface area (Å²) in [5.41, 5.74) is 1.56. The number of benzene rings is 1. The van der Waals surface area contributed by atoms with Gasteiger partial charge in [0.15, 0.2) is 5.75 Å². The molecule has 0 spiro atoms. The van der Waals surface area contributed by atoms with Crippen molar-refractivity contribution in [2.45, 2.75) is 19.1 Å². The molecule has 0 unspecified atom stereocenters. The third kappa shape index (κ3) is 6.82. The SMILES string of the molecule is C=CC(=O)N1CCc2nc(-c3nc(OS(=O)(=O)CC(F)(F)F)c4ccsc4c3-c3ccc(F)cc3OCCOC)sc2C1. The molecule has 1 aliphatic heterocycles. The largest absolute Gasteiger partial charge is 0.490 e. The van der Waals surface area contributed by atoms with Crippen LogP contribution in [0.2, 0.25) is 0 Å². The summed E-state index contributed by atoms with van der Waals surface area (Å²) in [6, 6.07) is 5.33. The van der Waals surface area contributed by atoms with E-state index in [1.807, 2.05) is 0 Å². The molecule has 0 N–H and O–H groups in total. The number of ether oxygens (including phenoxy) is 2. The van der Waals surface area contributed by atoms with Crippen molar-refractivity contribution in [3.8, 4) is 33.5 Å². The molecule has 9 nitrogen and oxygen atoms in total. The van der Waals surface area contributed by atoms with E-state index in [1.165, 1.54) is 48.8 Å². The van der Waals surface area contributed by atoms with Crippen molar-refractivity contribution in [1.29, 1.82) is 0 Å². The average Bonchev–Trinajstić information content (AvgIpc) is 3.59. The van der Waals surface area contributed by atoms with Gasteiger partial charge >= 0.3 is 16.3 Å². The van der Waals surface area contributed by atoms with Crippen LogP contribution in [0.1, 0.15) is 10.6 Å². The summed E-state index contributed by atoms with van der Waals surface area (Å²) in [6.45, 7) is 4.46. The fourth-order valence-electron chi connectivity index (χ4n) is 4.49. The van der Waals surface area contributed by atoms with Crippen LogP contribution in [0, 0.1) is 5.82 Å². The lowest BCUT2D eigenvalue weighted by Gasteiger charge is -2.24. The molecule has 0 saturated heterocycles. The first-order valence-electron chi connectivity index (χ1n) is 12.6. The number of methoxy groups -OCH3 is 1. The maximum Gasteiger partial charge on any atom is 0.406 e. The van der Waals surface area contributed by atoms with Crippen LogP contribution in [0.5, 0.6) is 11.6 Å². The lowest BCUT2D eigenvalue weighted by molar-refractivity contribution is -0.126. The number of hydrogen-bond acceptors (Lipinski definition) is 10. The topological polar surface area (TPSA) is 108 Å². The van der Waals surface area contributed by atoms with E-state index in [0.717, 1.165) is 16.2 Å². The minimum atomic E-state index is -5.13. The average molecular weight is 658 g/mol. The molecule has 1 amide bonds. The van der Waals surface area contributed by atoms with E-state index in [1.54, 1.807) is 10.3 Å². The van der Waals surface area contributed by atoms with Crippen LogP contribution in [-0.4, -0.2) is 68.0 Å². The van der Waals surface area contributed by atoms with Crippen LogP contribution in [-0.2, 0) is 32.6 Å². The summed E-state index contributed by atoms with van der Waals surface area (Å²) < 4.78 is 94.4. The zero-order valence-corrected chi connectivity index (χ0v) is 24.9. The molecule has 0 atom stereocenters. The quantitative estimate of drug-likeness (QED) is 0.0940. The van der Waals surface area contributed by atoms with Gasteiger partial charge < -0.3 is 18.6 Å². The lowest BCUT2D eigenvalue weighted by atomic mass is 10.0. The van der Waals surface area contributed by atoms with E-state index < -0.39 is 33.7 Å². The fourth-order valence-corrected chi connectivity index (χ4v) is 7.38. The van der Waals surface area contributed by atoms with E-state index in [-0.39, 0.29) is 42.5 Å². The first kappa shape index (κ1) is 30.8. The molecule has 3 aromatic heterocycles. The standard InChI is InChI=1S/C27H23F4N3O6S3/c1-3-21(35)34-8-6-18-20(13-34)42-26(32-18)23-22(16-5-4-15(28)12-19(16)39-10-9-38-2)24-17(7-11-41-24)25(33-23)40-43(36,37)14-27(29,30)31/h3-5,7,11-12H,1,6,8-10,13-14H2,2H3. The monoisotopic (exact) mass is 657 g/mol. The van der Waals surface area contributed by atoms with Crippen molar-refractivity contribution < 1.29 is 44.4 Å². The molecule has 43 heavy (non-hydrogen) atoms. The molecule has 0 bridgehead atoms. The second-order valence-electron chi connectivity index (χ2n) is 9.29. The predicted molar refractivity (Wildman–Crippen MR) is 153 cm³/mol. The Kier molecular flexibility index (Phi) is 8.74. The molecule has 228 valence electrons. The van der Waals surface area contributed by atoms with Crippen molar-refractivity contribution in [2.75, 3.05) is 32.6 Å². The number of nitrogens with zero attached hydrogens (tertiary/aromatic N) is 3. The molecule has 5 rings (SSSR count). The van der Waals surface area contributed by atoms with Crippen LogP contribution in [0.25, 0.3) is 31.9 Å². The van der Waals surface area contributed by atoms with Crippen molar-refractivity contribution in [3.05, 3.63) is 58.7 Å². The maximum absolute atomic E-state index is 14.4. The van der Waals surface area contributed by atoms with Gasteiger partial charge in [0.25, 0.3) is 0 Å². The number of thiazole rings is 1. The van der Waals surface area contributed by atoms with Gasteiger partial charge in [0.2, 0.25) is 11.8 Å². The molecule has 16 heteroatoms. The summed E-state index contributed by atoms with van der Waals surface area (Å²) >= 11 is 2.35. The van der Waals surface area contributed by atoms with E-state index in [2.05, 4.69) is 11.6 Å². The molecular formula is C27H23F4N3O6S3. The zero-order valence-electron chi connectivity index (χ0n) is 22.4. The van der Waals surface area contributed by atoms with Gasteiger partial charge in [-0.2, -0.15) is 21.6 Å². The number of rotatable bonds is 10. The third-order valence-corrected chi connectivity index (χ3v) is 9.41. The number of pyridine rings is 1. The highest BCUT2D eigenvalue weighted by atomic mass is 32.2. The van der Waals surface area contributed by atoms with E-state index in [0.29, 0.717) is 39.5 Å². The Balaban J connectivity index is 1.72. The first-order valence-corrected chi connectivity index (χ1v) is 15.9. The summed E-state index contributed by atoms with van der Waals surface area (Å²) in [7, 11) is -3.65. The van der Waals surface area contributed by atoms with Crippen molar-refractivity contribution in [3.63, 3.8) is 0 Å². The highest BCUT2D eigenvalue weighted by Gasteiger charge is 2.37. The number of halogens is 4. The molecule has 1 aliphatic rings. The molecule has 1 aromatic carbocycles. The smallest absolute Gasteiger partial charge is 0.406 e. The van der Waals surface area contributed by atoms with Crippen molar-refractivity contribution in [2.24, 2.45) is 0 Å². The summed E-state index contributed by atoms with van der Waals surface area (Å²) in [6.07, 6.45) is -3.41. The Morgan fingerprint density at radius 2 is 2.00 bits per heavy atom. The van der Waals surface area contributed by atoms with Crippen LogP contribution in [0.15, 0.2) is 42.3 Å². The van der Waals surface area contributed by atoms with Gasteiger partial charge in [-0.05, 0) is 29.7 Å². The molecule has 0 saturated carbocycles. The van der Waals surface area contributed by atoms with Crippen LogP contribution >= 0.6 is 22.7 Å². The van der Waals surface area contributed by atoms with Crippen molar-refractivity contribution >= 4 is 48.8 Å². The van der Waals surface area contributed by atoms with Gasteiger partial charge in [-0.15, -0.1) is 22.7 Å². The minimum absolute atomic E-state index is 0.0822. The lowest BCUT2D eigenvalue weighted by Crippen LogP contribution is -2.34. The highest BCUT2D eigenvalue weighted by molar-refractivity contribution is 7.87. The third-order valence-electron chi connectivity index (χ3n) is 6.30. The van der Waals surface area contributed by atoms with Gasteiger partial charge in [-0.25, -0.2) is 14.4 Å². The number of aromatic nitrogens is 2. The zero-order chi connectivity index (χ0) is 30.9. The number of hydrogen-bond donors (Lipinski definition) is 0. The molecule has 4 heterocycles. The van der Waals surface area contributed by atoms with Gasteiger partial charge in [0.1, 0.15) is 28.9 Å². The number of alkyl halides is 3. The highest BCUT2D eigenvalue weighted by Crippen LogP contribution is 2.47. The normalized spacial score (nSPS) is 13.7. The van der Waals surface area contributed by atoms with Gasteiger partial charge in [0, 0.05) is 46.8 Å². The van der Waals surface area contributed by atoms with Crippen LogP contribution in [0.4, 0.5) is 17.6 Å². The first-order chi connectivity index (χ1) is 20.4. The van der Waals surface area contributed by atoms with Crippen molar-refractivity contribution in [1.82, 2.24) is 14.9 Å². The van der Waals surface area contributed by atoms with E-state index in [9.17, 15) is 30.8 Å². The number of amides is 1. The number of carbonyl (C=O) groups is 1. The summed E-state index contributed by atoms with van der Waals surface area (Å²) in [5.74, 6) is -3.47. The maximum atomic E-state index is 14.4. The van der Waals surface area contributed by atoms with Crippen LogP contribution < -0.4 is 8.92 Å². The Hall–Kier alpha value is -3.60. The van der Waals surface area contributed by atoms with E-state index >= 15 is 0 Å². The molecule has 0 radical (unpaired) electrons. The van der Waals surface area contributed by atoms with Gasteiger partial charge in [0.05, 0.1) is 24.2 Å². The minimum Gasteiger partial charge on any atom is -0.490 e. The molecule has 0 aliphatic carbocycles. The Morgan fingerprint density at radius 1 is 1.21 bits per heavy atom. The van der Waals surface area contributed by atoms with E-state index in [4.69, 9.17) is 18.6 Å². The number of carbonyl (C=O) groups excluding carboxylic acids is 1. The van der Waals surface area contributed by atoms with Crippen LogP contribution in [0.3, 0.4) is 0 Å².